The summed E-state index contributed by atoms with van der Waals surface area (Å²) in [7, 11) is 5.93. The van der Waals surface area contributed by atoms with Crippen molar-refractivity contribution in [3.05, 3.63) is 41.2 Å². The Bertz CT molecular complexity index is 677. The largest absolute Gasteiger partial charge is 0.381 e. The molecule has 2 aromatic rings. The van der Waals surface area contributed by atoms with Gasteiger partial charge in [0.05, 0.1) is 12.1 Å². The van der Waals surface area contributed by atoms with Crippen LogP contribution in [0.4, 0.5) is 0 Å². The van der Waals surface area contributed by atoms with Gasteiger partial charge < -0.3 is 9.47 Å². The van der Waals surface area contributed by atoms with Crippen molar-refractivity contribution >= 4 is 22.8 Å². The maximum absolute atomic E-state index is 12.3. The molecular weight excluding hydrogens is 224 g/mol. The summed E-state index contributed by atoms with van der Waals surface area (Å²) in [6, 6.07) is 8.17. The first kappa shape index (κ1) is 11.1. The van der Waals surface area contributed by atoms with Crippen LogP contribution < -0.4 is 0 Å². The zero-order valence-corrected chi connectivity index (χ0v) is 10.9. The summed E-state index contributed by atoms with van der Waals surface area (Å²) in [5, 5.41) is 1.16. The lowest BCUT2D eigenvalue weighted by Crippen LogP contribution is -2.19. The molecule has 0 spiro atoms. The van der Waals surface area contributed by atoms with Gasteiger partial charge in [-0.05, 0) is 12.1 Å². The monoisotopic (exact) mass is 240 g/mol. The Morgan fingerprint density at radius 1 is 1.22 bits per heavy atom. The van der Waals surface area contributed by atoms with Gasteiger partial charge in [-0.1, -0.05) is 18.2 Å². The maximum Gasteiger partial charge on any atom is 0.185 e. The molecule has 1 aromatic carbocycles. The van der Waals surface area contributed by atoms with Crippen molar-refractivity contribution in [2.75, 3.05) is 14.1 Å². The molecule has 3 heteroatoms. The summed E-state index contributed by atoms with van der Waals surface area (Å²) in [6.07, 6.45) is 2.63. The summed E-state index contributed by atoms with van der Waals surface area (Å²) in [4.78, 5) is 14.3. The second kappa shape index (κ2) is 3.73. The molecule has 0 N–H and O–H groups in total. The molecule has 1 aromatic heterocycles. The summed E-state index contributed by atoms with van der Waals surface area (Å²) < 4.78 is 2.01. The van der Waals surface area contributed by atoms with E-state index in [0.29, 0.717) is 6.42 Å². The smallest absolute Gasteiger partial charge is 0.185 e. The van der Waals surface area contributed by atoms with Crippen LogP contribution in [0.3, 0.4) is 0 Å². The third-order valence-electron chi connectivity index (χ3n) is 3.64. The summed E-state index contributed by atoms with van der Waals surface area (Å²) >= 11 is 0. The fraction of sp³-hybridized carbons (Fsp3) is 0.267. The molecule has 92 valence electrons. The Kier molecular flexibility index (Phi) is 2.30. The Morgan fingerprint density at radius 3 is 2.67 bits per heavy atom. The molecule has 1 aliphatic carbocycles. The van der Waals surface area contributed by atoms with Crippen LogP contribution in [-0.4, -0.2) is 29.3 Å². The number of carbonyl (C=O) groups excluding carboxylic acids is 1. The first-order valence-electron chi connectivity index (χ1n) is 6.08. The lowest BCUT2D eigenvalue weighted by Gasteiger charge is -2.20. The molecule has 0 saturated carbocycles. The van der Waals surface area contributed by atoms with Gasteiger partial charge in [-0.2, -0.15) is 0 Å². The first-order chi connectivity index (χ1) is 8.59. The molecule has 0 saturated heterocycles. The third-order valence-corrected chi connectivity index (χ3v) is 3.64. The number of para-hydroxylation sites is 1. The number of nitrogens with zero attached hydrogens (tertiary/aromatic N) is 2. The van der Waals surface area contributed by atoms with E-state index in [9.17, 15) is 4.79 Å². The standard InChI is InChI=1S/C15H16N2O/c1-16(2)10-8-12-11-6-4-5-7-13(11)17(3)15(12)14(18)9-10/h4-8H,9H2,1-3H3. The van der Waals surface area contributed by atoms with Gasteiger partial charge in [0.15, 0.2) is 5.78 Å². The van der Waals surface area contributed by atoms with E-state index in [-0.39, 0.29) is 5.78 Å². The Balaban J connectivity index is 2.37. The predicted molar refractivity (Wildman–Crippen MR) is 73.5 cm³/mol. The van der Waals surface area contributed by atoms with Crippen molar-refractivity contribution in [1.82, 2.24) is 9.47 Å². The zero-order chi connectivity index (χ0) is 12.9. The number of benzene rings is 1. The third kappa shape index (κ3) is 1.40. The van der Waals surface area contributed by atoms with Crippen LogP contribution in [0.15, 0.2) is 30.0 Å². The fourth-order valence-corrected chi connectivity index (χ4v) is 2.66. The topological polar surface area (TPSA) is 25.2 Å². The van der Waals surface area contributed by atoms with Gasteiger partial charge in [0.25, 0.3) is 0 Å². The molecule has 0 unspecified atom stereocenters. The molecule has 18 heavy (non-hydrogen) atoms. The first-order valence-corrected chi connectivity index (χ1v) is 6.08. The minimum Gasteiger partial charge on any atom is -0.381 e. The number of ketones is 1. The number of Topliss-reactive ketones (excluding diaryl/α,β-unsaturated/α-hetero) is 1. The number of hydrogen-bond donors (Lipinski definition) is 0. The van der Waals surface area contributed by atoms with E-state index in [1.807, 2.05) is 42.7 Å². The molecule has 3 nitrogen and oxygen atoms in total. The minimum atomic E-state index is 0.204. The summed E-state index contributed by atoms with van der Waals surface area (Å²) in [5.41, 5.74) is 4.09. The highest BCUT2D eigenvalue weighted by Crippen LogP contribution is 2.33. The highest BCUT2D eigenvalue weighted by atomic mass is 16.1. The second-order valence-electron chi connectivity index (χ2n) is 4.97. The quantitative estimate of drug-likeness (QED) is 0.765. The van der Waals surface area contributed by atoms with Gasteiger partial charge in [0.2, 0.25) is 0 Å². The molecule has 0 atom stereocenters. The predicted octanol–water partition coefficient (Wildman–Crippen LogP) is 2.67. The van der Waals surface area contributed by atoms with Crippen molar-refractivity contribution in [1.29, 1.82) is 0 Å². The molecule has 0 bridgehead atoms. The van der Waals surface area contributed by atoms with Crippen LogP contribution >= 0.6 is 0 Å². The maximum atomic E-state index is 12.3. The van der Waals surface area contributed by atoms with E-state index in [2.05, 4.69) is 18.2 Å². The second-order valence-corrected chi connectivity index (χ2v) is 4.97. The van der Waals surface area contributed by atoms with Gasteiger partial charge in [0, 0.05) is 43.3 Å². The lowest BCUT2D eigenvalue weighted by atomic mass is 9.98. The average molecular weight is 240 g/mol. The molecule has 0 fully saturated rings. The van der Waals surface area contributed by atoms with Gasteiger partial charge in [0.1, 0.15) is 0 Å². The van der Waals surface area contributed by atoms with Crippen molar-refractivity contribution < 1.29 is 4.79 Å². The van der Waals surface area contributed by atoms with Crippen molar-refractivity contribution in [3.8, 4) is 0 Å². The normalized spacial score (nSPS) is 14.6. The minimum absolute atomic E-state index is 0.204. The number of allylic oxidation sites excluding steroid dienone is 1. The average Bonchev–Trinajstić information content (AvgIpc) is 2.64. The number of hydrogen-bond acceptors (Lipinski definition) is 2. The number of carbonyl (C=O) groups is 1. The van der Waals surface area contributed by atoms with E-state index in [4.69, 9.17) is 0 Å². The van der Waals surface area contributed by atoms with E-state index in [1.165, 1.54) is 0 Å². The van der Waals surface area contributed by atoms with Crippen LogP contribution in [0, 0.1) is 0 Å². The molecule has 3 rings (SSSR count). The zero-order valence-electron chi connectivity index (χ0n) is 10.9. The van der Waals surface area contributed by atoms with Crippen LogP contribution in [0.25, 0.3) is 17.0 Å². The number of aromatic nitrogens is 1. The van der Waals surface area contributed by atoms with Crippen LogP contribution in [-0.2, 0) is 7.05 Å². The number of aryl methyl sites for hydroxylation is 1. The lowest BCUT2D eigenvalue weighted by molar-refractivity contribution is 0.0977. The van der Waals surface area contributed by atoms with Gasteiger partial charge in [-0.3, -0.25) is 4.79 Å². The molecule has 0 amide bonds. The van der Waals surface area contributed by atoms with Crippen LogP contribution in [0.1, 0.15) is 22.5 Å². The molecule has 0 radical (unpaired) electrons. The van der Waals surface area contributed by atoms with Gasteiger partial charge in [-0.15, -0.1) is 0 Å². The van der Waals surface area contributed by atoms with E-state index in [1.54, 1.807) is 0 Å². The van der Waals surface area contributed by atoms with Gasteiger partial charge >= 0.3 is 0 Å². The molecule has 0 aliphatic heterocycles. The van der Waals surface area contributed by atoms with Crippen LogP contribution in [0.5, 0.6) is 0 Å². The Hall–Kier alpha value is -2.03. The van der Waals surface area contributed by atoms with Crippen LogP contribution in [0.2, 0.25) is 0 Å². The highest BCUT2D eigenvalue weighted by molar-refractivity contribution is 6.09. The summed E-state index contributed by atoms with van der Waals surface area (Å²) in [5.74, 6) is 0.204. The molecular formula is C15H16N2O. The fourth-order valence-electron chi connectivity index (χ4n) is 2.66. The number of rotatable bonds is 1. The Labute approximate surface area is 106 Å². The van der Waals surface area contributed by atoms with Gasteiger partial charge in [-0.25, -0.2) is 0 Å². The molecule has 1 heterocycles. The van der Waals surface area contributed by atoms with E-state index < -0.39 is 0 Å². The summed E-state index contributed by atoms with van der Waals surface area (Å²) in [6.45, 7) is 0. The SMILES string of the molecule is CN(C)C1=Cc2c(n(C)c3ccccc23)C(=O)C1. The van der Waals surface area contributed by atoms with E-state index >= 15 is 0 Å². The number of fused-ring (bicyclic) bond motifs is 3. The van der Waals surface area contributed by atoms with Crippen molar-refractivity contribution in [2.45, 2.75) is 6.42 Å². The Morgan fingerprint density at radius 2 is 1.94 bits per heavy atom. The molecule has 1 aliphatic rings. The van der Waals surface area contributed by atoms with Crippen molar-refractivity contribution in [3.63, 3.8) is 0 Å². The van der Waals surface area contributed by atoms with E-state index in [0.717, 1.165) is 27.9 Å². The highest BCUT2D eigenvalue weighted by Gasteiger charge is 2.25. The van der Waals surface area contributed by atoms with Crippen molar-refractivity contribution in [2.24, 2.45) is 7.05 Å².